The van der Waals surface area contributed by atoms with Crippen LogP contribution in [0.1, 0.15) is 12.0 Å². The van der Waals surface area contributed by atoms with Crippen LogP contribution in [0.3, 0.4) is 0 Å². The molecule has 1 aliphatic heterocycles. The summed E-state index contributed by atoms with van der Waals surface area (Å²) in [6.07, 6.45) is -0.254. The van der Waals surface area contributed by atoms with Crippen LogP contribution in [0.2, 0.25) is 0 Å². The second kappa shape index (κ2) is 7.39. The molecule has 0 atom stereocenters. The third kappa shape index (κ3) is 5.00. The van der Waals surface area contributed by atoms with E-state index in [1.165, 1.54) is 4.31 Å². The predicted octanol–water partition coefficient (Wildman–Crippen LogP) is 0.453. The first-order valence-corrected chi connectivity index (χ1v) is 8.21. The number of carbonyl (C=O) groups excluding carboxylic acids is 1. The lowest BCUT2D eigenvalue weighted by atomic mass is 10.2. The number of hydrogen-bond donors (Lipinski definition) is 2. The van der Waals surface area contributed by atoms with Gasteiger partial charge in [-0.1, -0.05) is 30.3 Å². The van der Waals surface area contributed by atoms with Crippen molar-refractivity contribution in [2.24, 2.45) is 0 Å². The lowest BCUT2D eigenvalue weighted by molar-refractivity contribution is 0.145. The van der Waals surface area contributed by atoms with Gasteiger partial charge >= 0.3 is 16.3 Å². The number of carbonyl (C=O) groups is 1. The summed E-state index contributed by atoms with van der Waals surface area (Å²) in [5.41, 5.74) is 0.795. The summed E-state index contributed by atoms with van der Waals surface area (Å²) in [7, 11) is -3.84. The zero-order valence-electron chi connectivity index (χ0n) is 11.6. The number of nitrogens with zero attached hydrogens (tertiary/aromatic N) is 1. The number of benzene rings is 1. The van der Waals surface area contributed by atoms with Crippen LogP contribution in [0.4, 0.5) is 4.79 Å². The molecular formula is C13H19N3O4S. The van der Waals surface area contributed by atoms with Crippen LogP contribution < -0.4 is 10.0 Å². The van der Waals surface area contributed by atoms with Crippen LogP contribution in [0, 0.1) is 0 Å². The molecule has 0 radical (unpaired) electrons. The van der Waals surface area contributed by atoms with E-state index in [0.717, 1.165) is 12.1 Å². The lowest BCUT2D eigenvalue weighted by Gasteiger charge is -2.19. The van der Waals surface area contributed by atoms with E-state index in [-0.39, 0.29) is 6.61 Å². The van der Waals surface area contributed by atoms with Crippen molar-refractivity contribution in [3.8, 4) is 0 Å². The molecule has 116 valence electrons. The highest BCUT2D eigenvalue weighted by Gasteiger charge is 2.25. The molecule has 1 saturated heterocycles. The monoisotopic (exact) mass is 313 g/mol. The van der Waals surface area contributed by atoms with Gasteiger partial charge in [0.05, 0.1) is 0 Å². The maximum atomic E-state index is 12.0. The Hall–Kier alpha value is -1.64. The maximum Gasteiger partial charge on any atom is 0.422 e. The van der Waals surface area contributed by atoms with Crippen molar-refractivity contribution in [1.82, 2.24) is 14.3 Å². The fraction of sp³-hybridized carbons (Fsp3) is 0.462. The highest BCUT2D eigenvalue weighted by Crippen LogP contribution is 2.04. The van der Waals surface area contributed by atoms with Crippen molar-refractivity contribution in [3.63, 3.8) is 0 Å². The summed E-state index contributed by atoms with van der Waals surface area (Å²) in [5, 5.41) is 3.10. The van der Waals surface area contributed by atoms with Crippen molar-refractivity contribution in [2.75, 3.05) is 26.2 Å². The maximum absolute atomic E-state index is 12.0. The molecule has 1 aromatic carbocycles. The number of ether oxygens (including phenoxy) is 1. The molecule has 1 aromatic rings. The average molecular weight is 313 g/mol. The molecule has 2 N–H and O–H groups in total. The van der Waals surface area contributed by atoms with Gasteiger partial charge in [0.2, 0.25) is 0 Å². The Bertz CT molecular complexity index is 554. The molecule has 1 heterocycles. The Morgan fingerprint density at radius 2 is 2.00 bits per heavy atom. The minimum absolute atomic E-state index is 0.0315. The van der Waals surface area contributed by atoms with E-state index in [9.17, 15) is 13.2 Å². The van der Waals surface area contributed by atoms with Gasteiger partial charge in [0.15, 0.2) is 0 Å². The smallest absolute Gasteiger partial charge is 0.422 e. The highest BCUT2D eigenvalue weighted by atomic mass is 32.2. The van der Waals surface area contributed by atoms with Gasteiger partial charge in [-0.3, -0.25) is 0 Å². The fourth-order valence-electron chi connectivity index (χ4n) is 1.98. The van der Waals surface area contributed by atoms with E-state index >= 15 is 0 Å². The Morgan fingerprint density at radius 3 is 2.76 bits per heavy atom. The lowest BCUT2D eigenvalue weighted by Crippen LogP contribution is -2.45. The third-order valence-electron chi connectivity index (χ3n) is 3.06. The van der Waals surface area contributed by atoms with E-state index in [2.05, 4.69) is 5.32 Å². The quantitative estimate of drug-likeness (QED) is 0.843. The Balaban J connectivity index is 1.85. The average Bonchev–Trinajstić information content (AvgIpc) is 2.75. The molecule has 8 heteroatoms. The molecular weight excluding hydrogens is 294 g/mol. The van der Waals surface area contributed by atoms with E-state index in [1.807, 2.05) is 22.9 Å². The van der Waals surface area contributed by atoms with Gasteiger partial charge in [-0.2, -0.15) is 12.7 Å². The summed E-state index contributed by atoms with van der Waals surface area (Å²) >= 11 is 0. The topological polar surface area (TPSA) is 87.7 Å². The Morgan fingerprint density at radius 1 is 1.24 bits per heavy atom. The predicted molar refractivity (Wildman–Crippen MR) is 77.7 cm³/mol. The molecule has 0 spiro atoms. The molecule has 0 saturated carbocycles. The highest BCUT2D eigenvalue weighted by molar-refractivity contribution is 7.87. The minimum atomic E-state index is -3.84. The van der Waals surface area contributed by atoms with Gasteiger partial charge in [0.25, 0.3) is 0 Å². The van der Waals surface area contributed by atoms with Crippen LogP contribution in [0.15, 0.2) is 30.3 Å². The van der Waals surface area contributed by atoms with Crippen molar-refractivity contribution in [3.05, 3.63) is 35.9 Å². The zero-order valence-corrected chi connectivity index (χ0v) is 12.4. The Labute approximate surface area is 124 Å². The number of amides is 1. The summed E-state index contributed by atoms with van der Waals surface area (Å²) in [6.45, 7) is 2.09. The molecule has 7 nitrogen and oxygen atoms in total. The van der Waals surface area contributed by atoms with Crippen molar-refractivity contribution in [2.45, 2.75) is 13.0 Å². The molecule has 0 bridgehead atoms. The van der Waals surface area contributed by atoms with E-state index in [4.69, 9.17) is 4.74 Å². The summed E-state index contributed by atoms with van der Waals surface area (Å²) in [6, 6.07) is 9.07. The molecule has 2 rings (SSSR count). The van der Waals surface area contributed by atoms with Gasteiger partial charge in [-0.25, -0.2) is 9.52 Å². The van der Waals surface area contributed by atoms with Gasteiger partial charge < -0.3 is 10.1 Å². The van der Waals surface area contributed by atoms with Gasteiger partial charge in [-0.05, 0) is 18.5 Å². The van der Waals surface area contributed by atoms with Gasteiger partial charge in [-0.15, -0.1) is 0 Å². The molecule has 0 aromatic heterocycles. The van der Waals surface area contributed by atoms with Crippen LogP contribution in [-0.2, 0) is 21.6 Å². The number of rotatable bonds is 4. The first kappa shape index (κ1) is 15.7. The summed E-state index contributed by atoms with van der Waals surface area (Å²) in [5.74, 6) is 0. The normalized spacial score (nSPS) is 17.0. The first-order valence-electron chi connectivity index (χ1n) is 6.77. The second-order valence-electron chi connectivity index (χ2n) is 4.67. The Kier molecular flexibility index (Phi) is 5.54. The van der Waals surface area contributed by atoms with Gasteiger partial charge in [0.1, 0.15) is 6.61 Å². The number of nitrogens with one attached hydrogen (secondary N) is 2. The largest absolute Gasteiger partial charge is 0.444 e. The van der Waals surface area contributed by atoms with Crippen LogP contribution >= 0.6 is 0 Å². The van der Waals surface area contributed by atoms with Crippen LogP contribution in [0.5, 0.6) is 0 Å². The summed E-state index contributed by atoms with van der Waals surface area (Å²) < 4.78 is 32.2. The molecule has 0 aliphatic carbocycles. The summed E-state index contributed by atoms with van der Waals surface area (Å²) in [4.78, 5) is 11.6. The van der Waals surface area contributed by atoms with E-state index in [1.54, 1.807) is 12.1 Å². The van der Waals surface area contributed by atoms with Crippen molar-refractivity contribution < 1.29 is 17.9 Å². The van der Waals surface area contributed by atoms with E-state index < -0.39 is 16.3 Å². The molecule has 1 amide bonds. The zero-order chi connectivity index (χ0) is 15.1. The number of hydrogen-bond acceptors (Lipinski definition) is 5. The molecule has 0 unspecified atom stereocenters. The first-order chi connectivity index (χ1) is 10.1. The standard InChI is InChI=1S/C13H19N3O4S/c17-13(20-11-12-5-2-1-3-6-12)15-21(18,19)16-9-4-7-14-8-10-16/h1-3,5-6,14H,4,7-11H2,(H,15,17). The molecule has 21 heavy (non-hydrogen) atoms. The fourth-order valence-corrected chi connectivity index (χ4v) is 3.08. The third-order valence-corrected chi connectivity index (χ3v) is 4.53. The SMILES string of the molecule is O=C(NS(=O)(=O)N1CCCNCC1)OCc1ccccc1. The van der Waals surface area contributed by atoms with E-state index in [0.29, 0.717) is 26.1 Å². The molecule has 1 aliphatic rings. The van der Waals surface area contributed by atoms with Crippen LogP contribution in [-0.4, -0.2) is 45.0 Å². The van der Waals surface area contributed by atoms with Gasteiger partial charge in [0, 0.05) is 19.6 Å². The van der Waals surface area contributed by atoms with Crippen molar-refractivity contribution >= 4 is 16.3 Å². The van der Waals surface area contributed by atoms with Crippen molar-refractivity contribution in [1.29, 1.82) is 0 Å². The second-order valence-corrected chi connectivity index (χ2v) is 6.34. The molecule has 1 fully saturated rings. The van der Waals surface area contributed by atoms with Crippen LogP contribution in [0.25, 0.3) is 0 Å². The minimum Gasteiger partial charge on any atom is -0.444 e.